The van der Waals surface area contributed by atoms with Gasteiger partial charge < -0.3 is 43.7 Å². The third kappa shape index (κ3) is 18.1. The molecule has 6 rings (SSSR count). The van der Waals surface area contributed by atoms with Crippen LogP contribution < -0.4 is 29.9 Å². The maximum atomic E-state index is 12.7. The quantitative estimate of drug-likeness (QED) is 0.0319. The van der Waals surface area contributed by atoms with E-state index in [0.717, 1.165) is 35.6 Å². The van der Waals surface area contributed by atoms with Gasteiger partial charge >= 0.3 is 18.0 Å². The number of carboxylic acids is 1. The number of carbonyl (C=O) groups excluding carboxylic acids is 4. The zero-order valence-electron chi connectivity index (χ0n) is 40.3. The molecule has 0 saturated carbocycles. The molecule has 3 aromatic carbocycles. The molecule has 0 aromatic heterocycles. The van der Waals surface area contributed by atoms with E-state index in [1.54, 1.807) is 56.5 Å². The lowest BCUT2D eigenvalue weighted by Gasteiger charge is -2.43. The molecule has 18 nitrogen and oxygen atoms in total. The van der Waals surface area contributed by atoms with E-state index in [9.17, 15) is 33.4 Å². The number of aliphatic carboxylic acids is 1. The molecule has 2 unspecified atom stereocenters. The number of methoxy groups -OCH3 is 1. The summed E-state index contributed by atoms with van der Waals surface area (Å²) in [6.45, 7) is 7.70. The van der Waals surface area contributed by atoms with E-state index in [4.69, 9.17) is 57.0 Å². The van der Waals surface area contributed by atoms with Crippen molar-refractivity contribution in [3.05, 3.63) is 93.0 Å². The number of imide groups is 1. The van der Waals surface area contributed by atoms with Crippen LogP contribution in [0, 0.1) is 0 Å². The first-order valence-corrected chi connectivity index (χ1v) is 26.4. The van der Waals surface area contributed by atoms with Crippen molar-refractivity contribution in [2.24, 2.45) is 0 Å². The summed E-state index contributed by atoms with van der Waals surface area (Å²) in [7, 11) is 0.906. The topological polar surface area (TPSA) is 243 Å². The largest absolute Gasteiger partial charge is 0.778 e. The number of nitrogens with zero attached hydrogens (tertiary/aromatic N) is 2. The van der Waals surface area contributed by atoms with Crippen LogP contribution in [0.5, 0.6) is 17.2 Å². The molecule has 0 saturated heterocycles. The van der Waals surface area contributed by atoms with Gasteiger partial charge in [-0.15, -0.1) is 0 Å². The van der Waals surface area contributed by atoms with Gasteiger partial charge in [0, 0.05) is 61.0 Å². The fourth-order valence-electron chi connectivity index (χ4n) is 6.97. The van der Waals surface area contributed by atoms with Crippen LogP contribution in [0.1, 0.15) is 70.9 Å². The molecule has 69 heavy (non-hydrogen) atoms. The molecule has 1 aliphatic carbocycles. The molecule has 2 heterocycles. The summed E-state index contributed by atoms with van der Waals surface area (Å²) in [5.74, 6) is -1.01. The first kappa shape index (κ1) is 58.4. The summed E-state index contributed by atoms with van der Waals surface area (Å²) < 4.78 is 32.5. The van der Waals surface area contributed by atoms with Crippen LogP contribution in [0.3, 0.4) is 0 Å². The molecule has 2 aliphatic heterocycles. The minimum Gasteiger partial charge on any atom is -0.778 e. The third-order valence-corrected chi connectivity index (χ3v) is 11.3. The number of fused-ring (bicyclic) bond motifs is 1. The van der Waals surface area contributed by atoms with Gasteiger partial charge in [-0.2, -0.15) is 0 Å². The van der Waals surface area contributed by atoms with Crippen molar-refractivity contribution in [2.45, 2.75) is 71.0 Å². The van der Waals surface area contributed by atoms with Gasteiger partial charge in [0.2, 0.25) is 5.79 Å². The average Bonchev–Trinajstić information content (AvgIpc) is 3.52. The Bertz CT molecular complexity index is 2400. The highest BCUT2D eigenvalue weighted by Gasteiger charge is 2.42. The van der Waals surface area contributed by atoms with Crippen molar-refractivity contribution in [2.75, 3.05) is 69.7 Å². The summed E-state index contributed by atoms with van der Waals surface area (Å²) in [5, 5.41) is 14.0. The van der Waals surface area contributed by atoms with E-state index >= 15 is 0 Å². The fraction of sp³-hybridized carbons (Fsp3) is 0.426. The number of carboxylic acid groups (broad SMARTS) is 1. The number of rotatable bonds is 13. The maximum Gasteiger partial charge on any atom is 0.349 e. The predicted molar refractivity (Wildman–Crippen MR) is 266 cm³/mol. The second-order valence-corrected chi connectivity index (χ2v) is 21.6. The molecular formula is C47H61Cl2N4O14PS. The number of amides is 4. The van der Waals surface area contributed by atoms with E-state index < -0.39 is 38.2 Å². The standard InChI is InChI=1S/C22H28N2O5.C19H17Cl2NO4.C3H8NO5P.C3H9S/c1-21(2)14-22(3,26-5)29-19-13-17(11-12-18(19)21)28-16-9-7-15(8-10-16)23-20(25)24(4)27-6;1-2-26-19(25)16(21)10-11-9-12(7-8-15(11)20)22-17(23)13-5-3-4-6-14(13)18(22)24;5-3(6)1-4-2-10(7,8)9;1-4(2)3/h7-13H,14H2,1-6H3,(H,23,25);7-10H,2-6H2,1H3;4H,1-2H2,(H,5,6)(H2,7,8,9);1-3H3/q;;;+1/p-1/b;16-10-;;. The molecule has 0 bridgehead atoms. The minimum atomic E-state index is -4.35. The Balaban J connectivity index is 0.000000288. The van der Waals surface area contributed by atoms with Gasteiger partial charge in [0.05, 0.1) is 51.0 Å². The molecule has 378 valence electrons. The number of hydrogen-bond donors (Lipinski definition) is 4. The number of anilines is 2. The van der Waals surface area contributed by atoms with Gasteiger partial charge in [0.15, 0.2) is 0 Å². The normalized spacial score (nSPS) is 17.8. The van der Waals surface area contributed by atoms with Gasteiger partial charge in [-0.25, -0.2) is 19.6 Å². The minimum absolute atomic E-state index is 0.0773. The van der Waals surface area contributed by atoms with Crippen LogP contribution in [0.15, 0.2) is 76.8 Å². The number of hydrogen-bond acceptors (Lipinski definition) is 13. The van der Waals surface area contributed by atoms with Gasteiger partial charge in [0.25, 0.3) is 11.8 Å². The molecule has 0 fully saturated rings. The number of esters is 1. The Morgan fingerprint density at radius 2 is 1.55 bits per heavy atom. The van der Waals surface area contributed by atoms with Gasteiger partial charge in [-0.3, -0.25) is 24.5 Å². The molecular weight excluding hydrogens is 978 g/mol. The van der Waals surface area contributed by atoms with E-state index in [1.807, 2.05) is 30.4 Å². The fourth-order valence-corrected chi connectivity index (χ4v) is 7.71. The second-order valence-electron chi connectivity index (χ2n) is 16.8. The zero-order valence-corrected chi connectivity index (χ0v) is 43.5. The summed E-state index contributed by atoms with van der Waals surface area (Å²) in [6.07, 6.45) is 11.1. The second kappa shape index (κ2) is 26.3. The van der Waals surface area contributed by atoms with Crippen molar-refractivity contribution in [1.82, 2.24) is 10.4 Å². The lowest BCUT2D eigenvalue weighted by molar-refractivity contribution is -0.193. The SMILES string of the molecule is CCOC(=O)/C(Cl)=C/c1cc(N2C(=O)C3=C(CCCC3)C2=O)ccc1Cl.CON(C)C(=O)Nc1ccc(Oc2ccc3c(c2)OC(C)(OC)CC3(C)C)cc1.C[S+](C)C.O=C(O)CNCP(=O)([O-])O. The highest BCUT2D eigenvalue weighted by atomic mass is 35.5. The number of urea groups is 1. The highest BCUT2D eigenvalue weighted by molar-refractivity contribution is 7.94. The zero-order chi connectivity index (χ0) is 51.9. The van der Waals surface area contributed by atoms with Crippen LogP contribution in [-0.4, -0.2) is 110 Å². The number of hydroxylamine groups is 2. The van der Waals surface area contributed by atoms with Gasteiger partial charge in [-0.1, -0.05) is 43.1 Å². The van der Waals surface area contributed by atoms with Crippen molar-refractivity contribution >= 4 is 88.9 Å². The lowest BCUT2D eigenvalue weighted by atomic mass is 9.76. The van der Waals surface area contributed by atoms with Crippen LogP contribution in [-0.2, 0) is 54.4 Å². The van der Waals surface area contributed by atoms with Crippen molar-refractivity contribution < 1.29 is 67.2 Å². The first-order chi connectivity index (χ1) is 32.2. The number of benzene rings is 3. The van der Waals surface area contributed by atoms with Crippen LogP contribution in [0.2, 0.25) is 5.02 Å². The lowest BCUT2D eigenvalue weighted by Crippen LogP contribution is -2.45. The number of ether oxygens (including phenoxy) is 4. The maximum absolute atomic E-state index is 12.7. The molecule has 4 amide bonds. The van der Waals surface area contributed by atoms with Crippen LogP contribution >= 0.6 is 30.8 Å². The van der Waals surface area contributed by atoms with Crippen LogP contribution in [0.4, 0.5) is 16.2 Å². The highest BCUT2D eigenvalue weighted by Crippen LogP contribution is 2.46. The molecule has 0 spiro atoms. The molecule has 0 radical (unpaired) electrons. The van der Waals surface area contributed by atoms with Gasteiger partial charge in [-0.05, 0) is 109 Å². The van der Waals surface area contributed by atoms with Crippen LogP contribution in [0.25, 0.3) is 6.08 Å². The molecule has 3 aliphatic rings. The van der Waals surface area contributed by atoms with Crippen molar-refractivity contribution in [3.8, 4) is 17.2 Å². The molecule has 4 N–H and O–H groups in total. The Hall–Kier alpha value is -4.95. The van der Waals surface area contributed by atoms with Crippen molar-refractivity contribution in [1.29, 1.82) is 0 Å². The molecule has 2 atom stereocenters. The third-order valence-electron chi connectivity index (χ3n) is 10.1. The predicted octanol–water partition coefficient (Wildman–Crippen LogP) is 7.81. The summed E-state index contributed by atoms with van der Waals surface area (Å²) in [5.41, 5.74) is 3.73. The summed E-state index contributed by atoms with van der Waals surface area (Å²) in [6, 6.07) is 17.3. The number of carbonyl (C=O) groups is 5. The smallest absolute Gasteiger partial charge is 0.349 e. The monoisotopic (exact) mass is 1040 g/mol. The Labute approximate surface area is 415 Å². The Morgan fingerprint density at radius 1 is 0.971 bits per heavy atom. The van der Waals surface area contributed by atoms with E-state index in [1.165, 1.54) is 25.1 Å². The molecule has 3 aromatic rings. The van der Waals surface area contributed by atoms with E-state index in [2.05, 4.69) is 37.9 Å². The van der Waals surface area contributed by atoms with E-state index in [0.29, 0.717) is 68.3 Å². The molecule has 22 heteroatoms. The Kier molecular flexibility index (Phi) is 22.3. The summed E-state index contributed by atoms with van der Waals surface area (Å²) in [4.78, 5) is 82.6. The average molecular weight is 1040 g/mol. The Morgan fingerprint density at radius 3 is 2.07 bits per heavy atom. The van der Waals surface area contributed by atoms with Crippen molar-refractivity contribution in [3.63, 3.8) is 0 Å². The first-order valence-electron chi connectivity index (χ1n) is 21.4. The number of halogens is 2. The summed E-state index contributed by atoms with van der Waals surface area (Å²) >= 11 is 12.1. The van der Waals surface area contributed by atoms with Gasteiger partial charge in [0.1, 0.15) is 29.9 Å². The van der Waals surface area contributed by atoms with E-state index in [-0.39, 0.29) is 34.9 Å². The number of nitrogens with one attached hydrogen (secondary N) is 2.